The number of hydrogen-bond donors (Lipinski definition) is 2. The summed E-state index contributed by atoms with van der Waals surface area (Å²) < 4.78 is 7.06. The van der Waals surface area contributed by atoms with Crippen LogP contribution in [0.5, 0.6) is 0 Å². The fraction of sp³-hybridized carbons (Fsp3) is 0.750. The maximum Gasteiger partial charge on any atom is 0.333 e. The minimum absolute atomic E-state index is 0.000105. The highest BCUT2D eigenvalue weighted by atomic mass is 16.6. The quantitative estimate of drug-likeness (QED) is 0.595. The molecular weight excluding hydrogens is 262 g/mol. The first kappa shape index (κ1) is 14.7. The lowest BCUT2D eigenvalue weighted by molar-refractivity contribution is -0.384. The standard InChI is InChI=1S/C12H21N5O3/c1-4-5-16-12(11(17(18)19)8(2)15-16)14-9-6-13-7-10(9)20-3/h9-10,13-14H,4-7H2,1-3H3/t9?,10-/m0/s1. The van der Waals surface area contributed by atoms with Crippen LogP contribution in [-0.4, -0.2) is 47.0 Å². The van der Waals surface area contributed by atoms with Crippen LogP contribution in [0.25, 0.3) is 0 Å². The van der Waals surface area contributed by atoms with E-state index in [4.69, 9.17) is 4.74 Å². The van der Waals surface area contributed by atoms with Crippen molar-refractivity contribution in [3.63, 3.8) is 0 Å². The fourth-order valence-electron chi connectivity index (χ4n) is 2.53. The lowest BCUT2D eigenvalue weighted by Gasteiger charge is -2.19. The zero-order chi connectivity index (χ0) is 14.7. The van der Waals surface area contributed by atoms with E-state index in [9.17, 15) is 10.1 Å². The van der Waals surface area contributed by atoms with Crippen LogP contribution in [0.3, 0.4) is 0 Å². The van der Waals surface area contributed by atoms with E-state index in [2.05, 4.69) is 15.7 Å². The lowest BCUT2D eigenvalue weighted by Crippen LogP contribution is -2.34. The zero-order valence-electron chi connectivity index (χ0n) is 12.0. The lowest BCUT2D eigenvalue weighted by atomic mass is 10.2. The van der Waals surface area contributed by atoms with Gasteiger partial charge in [-0.2, -0.15) is 5.10 Å². The van der Waals surface area contributed by atoms with Gasteiger partial charge in [0, 0.05) is 26.7 Å². The summed E-state index contributed by atoms with van der Waals surface area (Å²) in [6, 6.07) is 0.00501. The van der Waals surface area contributed by atoms with E-state index in [1.165, 1.54) is 0 Å². The van der Waals surface area contributed by atoms with Gasteiger partial charge in [0.05, 0.1) is 17.1 Å². The summed E-state index contributed by atoms with van der Waals surface area (Å²) in [6.07, 6.45) is 0.865. The Labute approximate surface area is 117 Å². The molecule has 1 unspecified atom stereocenters. The normalized spacial score (nSPS) is 22.1. The van der Waals surface area contributed by atoms with Crippen molar-refractivity contribution >= 4 is 11.5 Å². The molecule has 0 aromatic carbocycles. The van der Waals surface area contributed by atoms with E-state index >= 15 is 0 Å². The zero-order valence-corrected chi connectivity index (χ0v) is 12.0. The predicted octanol–water partition coefficient (Wildman–Crippen LogP) is 0.908. The molecule has 2 N–H and O–H groups in total. The van der Waals surface area contributed by atoms with Crippen molar-refractivity contribution in [2.24, 2.45) is 0 Å². The molecule has 1 aromatic heterocycles. The number of rotatable bonds is 6. The Morgan fingerprint density at radius 1 is 1.60 bits per heavy atom. The second-order valence-corrected chi connectivity index (χ2v) is 4.95. The molecule has 2 atom stereocenters. The third kappa shape index (κ3) is 2.75. The van der Waals surface area contributed by atoms with Gasteiger partial charge in [-0.3, -0.25) is 10.1 Å². The predicted molar refractivity (Wildman–Crippen MR) is 75.0 cm³/mol. The van der Waals surface area contributed by atoms with Crippen LogP contribution in [0.4, 0.5) is 11.5 Å². The van der Waals surface area contributed by atoms with E-state index < -0.39 is 0 Å². The summed E-state index contributed by atoms with van der Waals surface area (Å²) in [6.45, 7) is 5.78. The van der Waals surface area contributed by atoms with Gasteiger partial charge in [-0.25, -0.2) is 4.68 Å². The molecule has 0 amide bonds. The Morgan fingerprint density at radius 2 is 2.35 bits per heavy atom. The molecule has 0 bridgehead atoms. The van der Waals surface area contributed by atoms with Crippen LogP contribution in [0, 0.1) is 17.0 Å². The molecule has 20 heavy (non-hydrogen) atoms. The number of ether oxygens (including phenoxy) is 1. The molecule has 8 heteroatoms. The van der Waals surface area contributed by atoms with E-state index in [1.807, 2.05) is 6.92 Å². The van der Waals surface area contributed by atoms with Gasteiger partial charge in [-0.05, 0) is 13.3 Å². The molecule has 8 nitrogen and oxygen atoms in total. The largest absolute Gasteiger partial charge is 0.378 e. The summed E-state index contributed by atoms with van der Waals surface area (Å²) >= 11 is 0. The summed E-state index contributed by atoms with van der Waals surface area (Å²) in [5, 5.41) is 22.0. The van der Waals surface area contributed by atoms with Gasteiger partial charge in [0.2, 0.25) is 5.82 Å². The van der Waals surface area contributed by atoms with Gasteiger partial charge in [0.15, 0.2) is 0 Å². The van der Waals surface area contributed by atoms with Crippen LogP contribution in [0.1, 0.15) is 19.0 Å². The summed E-state index contributed by atoms with van der Waals surface area (Å²) in [4.78, 5) is 10.9. The van der Waals surface area contributed by atoms with Crippen LogP contribution in [0.15, 0.2) is 0 Å². The third-order valence-corrected chi connectivity index (χ3v) is 3.50. The smallest absolute Gasteiger partial charge is 0.333 e. The highest BCUT2D eigenvalue weighted by molar-refractivity contribution is 5.60. The molecule has 1 aliphatic rings. The molecule has 1 aromatic rings. The first-order valence-corrected chi connectivity index (χ1v) is 6.80. The summed E-state index contributed by atoms with van der Waals surface area (Å²) in [5.41, 5.74) is 0.492. The van der Waals surface area contributed by atoms with Crippen molar-refractivity contribution in [2.45, 2.75) is 39.0 Å². The minimum Gasteiger partial charge on any atom is -0.378 e. The van der Waals surface area contributed by atoms with Crippen LogP contribution in [0.2, 0.25) is 0 Å². The Morgan fingerprint density at radius 3 is 2.95 bits per heavy atom. The summed E-state index contributed by atoms with van der Waals surface area (Å²) in [7, 11) is 1.65. The Kier molecular flexibility index (Phi) is 4.56. The van der Waals surface area contributed by atoms with Gasteiger partial charge >= 0.3 is 5.69 Å². The average molecular weight is 283 g/mol. The van der Waals surface area contributed by atoms with Crippen molar-refractivity contribution in [1.29, 1.82) is 0 Å². The molecular formula is C12H21N5O3. The van der Waals surface area contributed by atoms with Crippen LogP contribution >= 0.6 is 0 Å². The second-order valence-electron chi connectivity index (χ2n) is 4.95. The average Bonchev–Trinajstić information content (AvgIpc) is 2.95. The number of nitrogens with zero attached hydrogens (tertiary/aromatic N) is 3. The van der Waals surface area contributed by atoms with E-state index in [0.717, 1.165) is 13.0 Å². The topological polar surface area (TPSA) is 94.2 Å². The van der Waals surface area contributed by atoms with Crippen molar-refractivity contribution < 1.29 is 9.66 Å². The number of aryl methyl sites for hydroxylation is 2. The van der Waals surface area contributed by atoms with Gasteiger partial charge in [0.25, 0.3) is 0 Å². The molecule has 1 aliphatic heterocycles. The fourth-order valence-corrected chi connectivity index (χ4v) is 2.53. The third-order valence-electron chi connectivity index (χ3n) is 3.50. The van der Waals surface area contributed by atoms with Crippen molar-refractivity contribution in [3.05, 3.63) is 15.8 Å². The molecule has 0 radical (unpaired) electrons. The van der Waals surface area contributed by atoms with Crippen molar-refractivity contribution in [1.82, 2.24) is 15.1 Å². The monoisotopic (exact) mass is 283 g/mol. The van der Waals surface area contributed by atoms with Gasteiger partial charge in [-0.15, -0.1) is 0 Å². The molecule has 112 valence electrons. The van der Waals surface area contributed by atoms with E-state index in [1.54, 1.807) is 18.7 Å². The van der Waals surface area contributed by atoms with Crippen molar-refractivity contribution in [2.75, 3.05) is 25.5 Å². The highest BCUT2D eigenvalue weighted by Gasteiger charge is 2.32. The maximum atomic E-state index is 11.3. The molecule has 2 heterocycles. The Balaban J connectivity index is 2.30. The number of aromatic nitrogens is 2. The van der Waals surface area contributed by atoms with Crippen LogP contribution in [-0.2, 0) is 11.3 Å². The summed E-state index contributed by atoms with van der Waals surface area (Å²) in [5.74, 6) is 0.477. The Hall–Kier alpha value is -1.67. The Bertz CT molecular complexity index is 488. The van der Waals surface area contributed by atoms with Gasteiger partial charge in [0.1, 0.15) is 5.69 Å². The van der Waals surface area contributed by atoms with E-state index in [-0.39, 0.29) is 22.8 Å². The second kappa shape index (κ2) is 6.19. The minimum atomic E-state index is -0.374. The highest BCUT2D eigenvalue weighted by Crippen LogP contribution is 2.29. The molecule has 0 aliphatic carbocycles. The van der Waals surface area contributed by atoms with Crippen LogP contribution < -0.4 is 10.6 Å². The first-order valence-electron chi connectivity index (χ1n) is 6.80. The molecule has 0 spiro atoms. The first-order chi connectivity index (χ1) is 9.58. The molecule has 0 saturated carbocycles. The number of hydrogen-bond acceptors (Lipinski definition) is 6. The number of anilines is 1. The van der Waals surface area contributed by atoms with Crippen molar-refractivity contribution in [3.8, 4) is 0 Å². The van der Waals surface area contributed by atoms with Gasteiger partial charge < -0.3 is 15.4 Å². The molecule has 1 fully saturated rings. The molecule has 1 saturated heterocycles. The van der Waals surface area contributed by atoms with Gasteiger partial charge in [-0.1, -0.05) is 6.92 Å². The van der Waals surface area contributed by atoms with E-state index in [0.29, 0.717) is 24.6 Å². The number of nitrogens with one attached hydrogen (secondary N) is 2. The SMILES string of the molecule is CCCn1nc(C)c([N+](=O)[O-])c1NC1CNC[C@@H]1OC. The number of methoxy groups -OCH3 is 1. The maximum absolute atomic E-state index is 11.3. The number of nitro groups is 1. The molecule has 2 rings (SSSR count).